The standard InChI is InChI=1S/C29H33F3N6O2/c1-28(2,3)19-38(26-16-24(29(30,31)32)34-25(17-33)35-26)36-27(39)21-12-10-20(11-13-21)23-9-7-6-8-22(23)18-37(4)14-15-40-5/h6-13,16H,14-15,18-19H2,1-5H3,(H,36,39). The smallest absolute Gasteiger partial charge is 0.383 e. The number of benzene rings is 2. The zero-order valence-corrected chi connectivity index (χ0v) is 23.2. The Hall–Kier alpha value is -4.01. The molecule has 11 heteroatoms. The SMILES string of the molecule is COCCN(C)Cc1ccccc1-c1ccc(C(=O)NN(CC(C)(C)C)c2cc(C(F)(F)F)nc(C#N)n2)cc1. The lowest BCUT2D eigenvalue weighted by Crippen LogP contribution is -2.47. The molecule has 0 aliphatic heterocycles. The van der Waals surface area contributed by atoms with Gasteiger partial charge in [-0.2, -0.15) is 23.4 Å². The first-order valence-electron chi connectivity index (χ1n) is 12.6. The van der Waals surface area contributed by atoms with Crippen LogP contribution in [0.4, 0.5) is 19.0 Å². The molecule has 0 fully saturated rings. The molecule has 8 nitrogen and oxygen atoms in total. The van der Waals surface area contributed by atoms with Gasteiger partial charge in [-0.1, -0.05) is 57.2 Å². The monoisotopic (exact) mass is 554 g/mol. The number of amides is 1. The number of likely N-dealkylation sites (N-methyl/N-ethyl adjacent to an activating group) is 1. The molecule has 1 amide bonds. The van der Waals surface area contributed by atoms with Crippen LogP contribution in [0.1, 0.15) is 48.2 Å². The van der Waals surface area contributed by atoms with Crippen LogP contribution in [-0.4, -0.2) is 54.6 Å². The molecule has 0 bridgehead atoms. The number of alkyl halides is 3. The van der Waals surface area contributed by atoms with Crippen molar-refractivity contribution in [3.63, 3.8) is 0 Å². The van der Waals surface area contributed by atoms with Crippen molar-refractivity contribution in [2.75, 3.05) is 38.9 Å². The van der Waals surface area contributed by atoms with Crippen LogP contribution in [0.15, 0.2) is 54.6 Å². The molecule has 1 heterocycles. The largest absolute Gasteiger partial charge is 0.433 e. The third-order valence-corrected chi connectivity index (χ3v) is 5.84. The first-order valence-corrected chi connectivity index (χ1v) is 12.6. The van der Waals surface area contributed by atoms with Gasteiger partial charge in [0.05, 0.1) is 6.61 Å². The van der Waals surface area contributed by atoms with Gasteiger partial charge in [0, 0.05) is 38.4 Å². The van der Waals surface area contributed by atoms with Crippen LogP contribution in [0.2, 0.25) is 0 Å². The number of rotatable bonds is 10. The first kappa shape index (κ1) is 30.5. The molecule has 0 saturated heterocycles. The molecule has 0 atom stereocenters. The van der Waals surface area contributed by atoms with Crippen LogP contribution in [-0.2, 0) is 17.5 Å². The molecule has 0 aliphatic rings. The number of hydrogen-bond donors (Lipinski definition) is 1. The number of halogens is 3. The Labute approximate surface area is 232 Å². The summed E-state index contributed by atoms with van der Waals surface area (Å²) in [6, 6.07) is 17.3. The summed E-state index contributed by atoms with van der Waals surface area (Å²) >= 11 is 0. The van der Waals surface area contributed by atoms with E-state index in [1.165, 1.54) is 5.01 Å². The third kappa shape index (κ3) is 8.49. The summed E-state index contributed by atoms with van der Waals surface area (Å²) in [6.45, 7) is 7.83. The van der Waals surface area contributed by atoms with E-state index in [2.05, 4.69) is 26.4 Å². The molecule has 1 N–H and O–H groups in total. The molecule has 0 aliphatic carbocycles. The Morgan fingerprint density at radius 2 is 1.75 bits per heavy atom. The highest BCUT2D eigenvalue weighted by atomic mass is 19.4. The molecule has 40 heavy (non-hydrogen) atoms. The predicted molar refractivity (Wildman–Crippen MR) is 146 cm³/mol. The van der Waals surface area contributed by atoms with Gasteiger partial charge in [0.1, 0.15) is 6.07 Å². The molecule has 0 spiro atoms. The summed E-state index contributed by atoms with van der Waals surface area (Å²) < 4.78 is 45.5. The fourth-order valence-electron chi connectivity index (χ4n) is 3.97. The highest BCUT2D eigenvalue weighted by Gasteiger charge is 2.35. The molecule has 2 aromatic carbocycles. The molecule has 0 unspecified atom stereocenters. The number of methoxy groups -OCH3 is 1. The highest BCUT2D eigenvalue weighted by Crippen LogP contribution is 2.30. The van der Waals surface area contributed by atoms with Gasteiger partial charge in [-0.3, -0.25) is 20.1 Å². The van der Waals surface area contributed by atoms with Crippen molar-refractivity contribution in [2.24, 2.45) is 5.41 Å². The topological polar surface area (TPSA) is 94.4 Å². The number of nitrogens with zero attached hydrogens (tertiary/aromatic N) is 5. The Morgan fingerprint density at radius 3 is 2.35 bits per heavy atom. The van der Waals surface area contributed by atoms with Gasteiger partial charge in [-0.05, 0) is 41.3 Å². The minimum Gasteiger partial charge on any atom is -0.383 e. The van der Waals surface area contributed by atoms with Crippen molar-refractivity contribution in [3.8, 4) is 17.2 Å². The maximum atomic E-state index is 13.4. The van der Waals surface area contributed by atoms with E-state index in [4.69, 9.17) is 4.74 Å². The highest BCUT2D eigenvalue weighted by molar-refractivity contribution is 5.95. The number of anilines is 1. The van der Waals surface area contributed by atoms with Gasteiger partial charge in [-0.25, -0.2) is 4.98 Å². The normalized spacial score (nSPS) is 11.8. The van der Waals surface area contributed by atoms with Crippen molar-refractivity contribution < 1.29 is 22.7 Å². The number of aromatic nitrogens is 2. The quantitative estimate of drug-likeness (QED) is 0.340. The maximum Gasteiger partial charge on any atom is 0.433 e. The number of nitrogens with one attached hydrogen (secondary N) is 1. The fraction of sp³-hybridized carbons (Fsp3) is 0.379. The zero-order valence-electron chi connectivity index (χ0n) is 23.2. The average Bonchev–Trinajstić information content (AvgIpc) is 2.90. The van der Waals surface area contributed by atoms with Crippen molar-refractivity contribution in [1.29, 1.82) is 5.26 Å². The van der Waals surface area contributed by atoms with E-state index in [-0.39, 0.29) is 12.4 Å². The van der Waals surface area contributed by atoms with E-state index >= 15 is 0 Å². The van der Waals surface area contributed by atoms with Crippen LogP contribution < -0.4 is 10.4 Å². The van der Waals surface area contributed by atoms with Gasteiger partial charge in [0.15, 0.2) is 11.5 Å². The Bertz CT molecular complexity index is 1350. The molecule has 0 radical (unpaired) electrons. The van der Waals surface area contributed by atoms with Crippen LogP contribution in [0.25, 0.3) is 11.1 Å². The van der Waals surface area contributed by atoms with E-state index in [0.29, 0.717) is 18.7 Å². The van der Waals surface area contributed by atoms with Crippen LogP contribution >= 0.6 is 0 Å². The number of carbonyl (C=O) groups is 1. The lowest BCUT2D eigenvalue weighted by Gasteiger charge is -2.31. The summed E-state index contributed by atoms with van der Waals surface area (Å²) in [6.07, 6.45) is -4.79. The Kier molecular flexibility index (Phi) is 9.84. The molecule has 1 aromatic heterocycles. The molecule has 3 rings (SSSR count). The van der Waals surface area contributed by atoms with Crippen molar-refractivity contribution >= 4 is 11.7 Å². The van der Waals surface area contributed by atoms with E-state index < -0.39 is 29.0 Å². The Morgan fingerprint density at radius 1 is 1.07 bits per heavy atom. The number of nitriles is 1. The third-order valence-electron chi connectivity index (χ3n) is 5.84. The molecule has 0 saturated carbocycles. The lowest BCUT2D eigenvalue weighted by atomic mass is 9.96. The lowest BCUT2D eigenvalue weighted by molar-refractivity contribution is -0.141. The number of hydrogen-bond acceptors (Lipinski definition) is 7. The van der Waals surface area contributed by atoms with Crippen LogP contribution in [0, 0.1) is 16.7 Å². The number of ether oxygens (including phenoxy) is 1. The molecule has 3 aromatic rings. The zero-order chi connectivity index (χ0) is 29.5. The first-order chi connectivity index (χ1) is 18.8. The molecule has 212 valence electrons. The van der Waals surface area contributed by atoms with Crippen molar-refractivity contribution in [2.45, 2.75) is 33.5 Å². The Balaban J connectivity index is 1.87. The van der Waals surface area contributed by atoms with E-state index in [1.807, 2.05) is 58.2 Å². The van der Waals surface area contributed by atoms with Gasteiger partial charge < -0.3 is 4.74 Å². The second kappa shape index (κ2) is 12.9. The maximum absolute atomic E-state index is 13.4. The summed E-state index contributed by atoms with van der Waals surface area (Å²) in [4.78, 5) is 22.6. The summed E-state index contributed by atoms with van der Waals surface area (Å²) in [5.74, 6) is -1.41. The summed E-state index contributed by atoms with van der Waals surface area (Å²) in [7, 11) is 3.68. The van der Waals surface area contributed by atoms with Gasteiger partial charge in [-0.15, -0.1) is 0 Å². The van der Waals surface area contributed by atoms with E-state index in [1.54, 1.807) is 25.3 Å². The molecular weight excluding hydrogens is 521 g/mol. The number of carbonyl (C=O) groups excluding carboxylic acids is 1. The van der Waals surface area contributed by atoms with Crippen molar-refractivity contribution in [3.05, 3.63) is 77.2 Å². The van der Waals surface area contributed by atoms with Crippen molar-refractivity contribution in [1.82, 2.24) is 20.3 Å². The van der Waals surface area contributed by atoms with Crippen LogP contribution in [0.3, 0.4) is 0 Å². The second-order valence-corrected chi connectivity index (χ2v) is 10.6. The number of hydrazine groups is 1. The van der Waals surface area contributed by atoms with Crippen LogP contribution in [0.5, 0.6) is 0 Å². The minimum atomic E-state index is -4.79. The second-order valence-electron chi connectivity index (χ2n) is 10.6. The molecular formula is C29H33F3N6O2. The summed E-state index contributed by atoms with van der Waals surface area (Å²) in [5, 5.41) is 10.4. The summed E-state index contributed by atoms with van der Waals surface area (Å²) in [5.41, 5.74) is 4.33. The van der Waals surface area contributed by atoms with E-state index in [9.17, 15) is 23.2 Å². The fourth-order valence-corrected chi connectivity index (χ4v) is 3.97. The van der Waals surface area contributed by atoms with Gasteiger partial charge in [0.25, 0.3) is 5.91 Å². The van der Waals surface area contributed by atoms with Gasteiger partial charge >= 0.3 is 6.18 Å². The average molecular weight is 555 g/mol. The van der Waals surface area contributed by atoms with E-state index in [0.717, 1.165) is 29.3 Å². The minimum absolute atomic E-state index is 0.125. The van der Waals surface area contributed by atoms with Gasteiger partial charge in [0.2, 0.25) is 5.82 Å². The predicted octanol–water partition coefficient (Wildman–Crippen LogP) is 5.31.